The summed E-state index contributed by atoms with van der Waals surface area (Å²) in [5, 5.41) is 2.98. The third-order valence-electron chi connectivity index (χ3n) is 3.73. The summed E-state index contributed by atoms with van der Waals surface area (Å²) >= 11 is 2.18. The number of carbonyl (C=O) groups is 1. The van der Waals surface area contributed by atoms with Gasteiger partial charge in [-0.25, -0.2) is 4.98 Å². The SMILES string of the molecule is O=C(NCCCn1ccnc1-c1ccccc1)c1ccccc1I. The van der Waals surface area contributed by atoms with Gasteiger partial charge in [-0.3, -0.25) is 4.79 Å². The van der Waals surface area contributed by atoms with Crippen molar-refractivity contribution in [1.82, 2.24) is 14.9 Å². The van der Waals surface area contributed by atoms with Crippen LogP contribution < -0.4 is 5.32 Å². The van der Waals surface area contributed by atoms with Gasteiger partial charge in [0, 0.05) is 34.6 Å². The Morgan fingerprint density at radius 1 is 1.08 bits per heavy atom. The number of nitrogens with one attached hydrogen (secondary N) is 1. The molecule has 4 nitrogen and oxygen atoms in total. The van der Waals surface area contributed by atoms with E-state index in [4.69, 9.17) is 0 Å². The van der Waals surface area contributed by atoms with Crippen molar-refractivity contribution in [2.24, 2.45) is 0 Å². The molecular weight excluding hydrogens is 413 g/mol. The summed E-state index contributed by atoms with van der Waals surface area (Å²) in [5.74, 6) is 0.938. The Balaban J connectivity index is 1.54. The van der Waals surface area contributed by atoms with E-state index in [0.29, 0.717) is 6.54 Å². The van der Waals surface area contributed by atoms with Crippen LogP contribution in [0.4, 0.5) is 0 Å². The maximum Gasteiger partial charge on any atom is 0.252 e. The lowest BCUT2D eigenvalue weighted by Crippen LogP contribution is -2.26. The fourth-order valence-corrected chi connectivity index (χ4v) is 3.16. The molecule has 0 radical (unpaired) electrons. The summed E-state index contributed by atoms with van der Waals surface area (Å²) in [4.78, 5) is 16.6. The molecule has 0 saturated carbocycles. The number of amides is 1. The molecule has 1 aromatic heterocycles. The summed E-state index contributed by atoms with van der Waals surface area (Å²) in [6.07, 6.45) is 4.64. The number of halogens is 1. The van der Waals surface area contributed by atoms with E-state index in [1.807, 2.05) is 54.9 Å². The third kappa shape index (κ3) is 4.03. The van der Waals surface area contributed by atoms with Crippen molar-refractivity contribution in [1.29, 1.82) is 0 Å². The second kappa shape index (κ2) is 8.10. The Bertz CT molecular complexity index is 814. The van der Waals surface area contributed by atoms with Gasteiger partial charge in [0.15, 0.2) is 0 Å². The van der Waals surface area contributed by atoms with Gasteiger partial charge in [0.1, 0.15) is 5.82 Å². The quantitative estimate of drug-likeness (QED) is 0.474. The molecule has 3 aromatic rings. The largest absolute Gasteiger partial charge is 0.352 e. The maximum absolute atomic E-state index is 12.2. The van der Waals surface area contributed by atoms with E-state index in [1.165, 1.54) is 0 Å². The number of hydrogen-bond acceptors (Lipinski definition) is 2. The minimum Gasteiger partial charge on any atom is -0.352 e. The topological polar surface area (TPSA) is 46.9 Å². The molecule has 1 heterocycles. The van der Waals surface area contributed by atoms with Crippen molar-refractivity contribution >= 4 is 28.5 Å². The van der Waals surface area contributed by atoms with Crippen molar-refractivity contribution in [3.05, 3.63) is 76.1 Å². The monoisotopic (exact) mass is 431 g/mol. The molecule has 1 amide bonds. The molecule has 2 aromatic carbocycles. The van der Waals surface area contributed by atoms with Gasteiger partial charge in [-0.15, -0.1) is 0 Å². The lowest BCUT2D eigenvalue weighted by Gasteiger charge is -2.09. The Hall–Kier alpha value is -2.15. The zero-order valence-corrected chi connectivity index (χ0v) is 15.3. The number of aryl methyl sites for hydroxylation is 1. The van der Waals surface area contributed by atoms with Crippen LogP contribution in [0, 0.1) is 3.57 Å². The number of carbonyl (C=O) groups excluding carboxylic acids is 1. The molecule has 0 unspecified atom stereocenters. The number of nitrogens with zero attached hydrogens (tertiary/aromatic N) is 2. The Morgan fingerprint density at radius 2 is 1.83 bits per heavy atom. The Kier molecular flexibility index (Phi) is 5.63. The normalized spacial score (nSPS) is 10.5. The van der Waals surface area contributed by atoms with E-state index in [9.17, 15) is 4.79 Å². The fraction of sp³-hybridized carbons (Fsp3) is 0.158. The third-order valence-corrected chi connectivity index (χ3v) is 4.67. The highest BCUT2D eigenvalue weighted by molar-refractivity contribution is 14.1. The van der Waals surface area contributed by atoms with E-state index >= 15 is 0 Å². The Morgan fingerprint density at radius 3 is 2.62 bits per heavy atom. The minimum atomic E-state index is -0.0195. The minimum absolute atomic E-state index is 0.0195. The molecule has 3 rings (SSSR count). The van der Waals surface area contributed by atoms with Crippen LogP contribution in [0.25, 0.3) is 11.4 Å². The first-order valence-corrected chi connectivity index (χ1v) is 8.93. The molecule has 0 spiro atoms. The number of aromatic nitrogens is 2. The van der Waals surface area contributed by atoms with Crippen LogP contribution in [0.15, 0.2) is 67.0 Å². The van der Waals surface area contributed by atoms with E-state index in [0.717, 1.165) is 33.5 Å². The molecule has 0 fully saturated rings. The zero-order valence-electron chi connectivity index (χ0n) is 13.2. The van der Waals surface area contributed by atoms with Crippen molar-refractivity contribution in [3.63, 3.8) is 0 Å². The zero-order chi connectivity index (χ0) is 16.8. The maximum atomic E-state index is 12.2. The van der Waals surface area contributed by atoms with Crippen LogP contribution in [0.1, 0.15) is 16.8 Å². The highest BCUT2D eigenvalue weighted by Crippen LogP contribution is 2.17. The average molecular weight is 431 g/mol. The molecule has 0 aliphatic heterocycles. The highest BCUT2D eigenvalue weighted by Gasteiger charge is 2.09. The van der Waals surface area contributed by atoms with Crippen LogP contribution in [0.5, 0.6) is 0 Å². The van der Waals surface area contributed by atoms with Gasteiger partial charge in [-0.05, 0) is 41.1 Å². The number of imidazole rings is 1. The summed E-state index contributed by atoms with van der Waals surface area (Å²) in [7, 11) is 0. The van der Waals surface area contributed by atoms with Gasteiger partial charge in [-0.1, -0.05) is 42.5 Å². The number of hydrogen-bond donors (Lipinski definition) is 1. The molecular formula is C19H18IN3O. The van der Waals surface area contributed by atoms with Gasteiger partial charge < -0.3 is 9.88 Å². The van der Waals surface area contributed by atoms with Gasteiger partial charge in [0.25, 0.3) is 5.91 Å². The van der Waals surface area contributed by atoms with Gasteiger partial charge in [0.2, 0.25) is 0 Å². The van der Waals surface area contributed by atoms with Crippen molar-refractivity contribution in [2.75, 3.05) is 6.54 Å². The van der Waals surface area contributed by atoms with Gasteiger partial charge >= 0.3 is 0 Å². The standard InChI is InChI=1S/C19H18IN3O/c20-17-10-5-4-9-16(17)19(24)22-11-6-13-23-14-12-21-18(23)15-7-2-1-3-8-15/h1-5,7-10,12,14H,6,11,13H2,(H,22,24). The second-order valence-electron chi connectivity index (χ2n) is 5.40. The molecule has 122 valence electrons. The van der Waals surface area contributed by atoms with E-state index < -0.39 is 0 Å². The molecule has 0 bridgehead atoms. The van der Waals surface area contributed by atoms with Gasteiger partial charge in [0.05, 0.1) is 5.56 Å². The number of benzene rings is 2. The summed E-state index contributed by atoms with van der Waals surface area (Å²) in [6.45, 7) is 1.45. The highest BCUT2D eigenvalue weighted by atomic mass is 127. The van der Waals surface area contributed by atoms with E-state index in [1.54, 1.807) is 0 Å². The molecule has 24 heavy (non-hydrogen) atoms. The first kappa shape index (κ1) is 16.7. The summed E-state index contributed by atoms with van der Waals surface area (Å²) in [5.41, 5.74) is 1.83. The molecule has 1 N–H and O–H groups in total. The number of rotatable bonds is 6. The Labute approximate surface area is 155 Å². The molecule has 0 atom stereocenters. The van der Waals surface area contributed by atoms with E-state index in [-0.39, 0.29) is 5.91 Å². The van der Waals surface area contributed by atoms with Crippen molar-refractivity contribution in [3.8, 4) is 11.4 Å². The average Bonchev–Trinajstić information content (AvgIpc) is 3.08. The van der Waals surface area contributed by atoms with E-state index in [2.05, 4.69) is 49.6 Å². The van der Waals surface area contributed by atoms with Gasteiger partial charge in [-0.2, -0.15) is 0 Å². The summed E-state index contributed by atoms with van der Waals surface area (Å²) < 4.78 is 3.09. The molecule has 0 aliphatic carbocycles. The van der Waals surface area contributed by atoms with Crippen LogP contribution in [0.3, 0.4) is 0 Å². The van der Waals surface area contributed by atoms with Crippen LogP contribution in [-0.4, -0.2) is 22.0 Å². The van der Waals surface area contributed by atoms with Crippen molar-refractivity contribution in [2.45, 2.75) is 13.0 Å². The molecule has 0 aliphatic rings. The predicted molar refractivity (Wildman–Crippen MR) is 104 cm³/mol. The summed E-state index contributed by atoms with van der Waals surface area (Å²) in [6, 6.07) is 17.7. The van der Waals surface area contributed by atoms with Crippen LogP contribution in [-0.2, 0) is 6.54 Å². The lowest BCUT2D eigenvalue weighted by atomic mass is 10.2. The smallest absolute Gasteiger partial charge is 0.252 e. The second-order valence-corrected chi connectivity index (χ2v) is 6.56. The molecule has 0 saturated heterocycles. The fourth-order valence-electron chi connectivity index (χ4n) is 2.53. The predicted octanol–water partition coefficient (Wildman–Crippen LogP) is 3.97. The molecule has 5 heteroatoms. The first-order valence-electron chi connectivity index (χ1n) is 7.85. The first-order chi connectivity index (χ1) is 11.8. The van der Waals surface area contributed by atoms with Crippen LogP contribution >= 0.6 is 22.6 Å². The van der Waals surface area contributed by atoms with Crippen molar-refractivity contribution < 1.29 is 4.79 Å². The van der Waals surface area contributed by atoms with Crippen LogP contribution in [0.2, 0.25) is 0 Å². The lowest BCUT2D eigenvalue weighted by molar-refractivity contribution is 0.0952.